The quantitative estimate of drug-likeness (QED) is 0.871. The number of aryl methyl sites for hydroxylation is 1. The van der Waals surface area contributed by atoms with E-state index in [1.165, 1.54) is 6.07 Å². The van der Waals surface area contributed by atoms with E-state index in [2.05, 4.69) is 10.3 Å². The molecule has 0 atom stereocenters. The van der Waals surface area contributed by atoms with Crippen molar-refractivity contribution in [3.63, 3.8) is 0 Å². The van der Waals surface area contributed by atoms with Crippen LogP contribution in [0.15, 0.2) is 36.5 Å². The lowest BCUT2D eigenvalue weighted by atomic mass is 10.1. The van der Waals surface area contributed by atoms with Gasteiger partial charge in [-0.3, -0.25) is 4.98 Å². The highest BCUT2D eigenvalue weighted by Gasteiger charge is 2.03. The highest BCUT2D eigenvalue weighted by Crippen LogP contribution is 2.22. The van der Waals surface area contributed by atoms with Gasteiger partial charge in [-0.05, 0) is 49.7 Å². The van der Waals surface area contributed by atoms with E-state index < -0.39 is 0 Å². The zero-order valence-corrected chi connectivity index (χ0v) is 10.00. The molecule has 1 heterocycles. The molecule has 0 aliphatic rings. The SMILES string of the molecule is CCNc1ccnc(-c2ccc(F)c(C)c2)c1. The van der Waals surface area contributed by atoms with E-state index in [1.54, 1.807) is 19.2 Å². The summed E-state index contributed by atoms with van der Waals surface area (Å²) < 4.78 is 13.2. The first-order valence-corrected chi connectivity index (χ1v) is 5.67. The molecule has 2 nitrogen and oxygen atoms in total. The molecule has 17 heavy (non-hydrogen) atoms. The van der Waals surface area contributed by atoms with Crippen molar-refractivity contribution >= 4 is 5.69 Å². The van der Waals surface area contributed by atoms with Crippen LogP contribution in [0.4, 0.5) is 10.1 Å². The predicted molar refractivity (Wildman–Crippen MR) is 68.5 cm³/mol. The summed E-state index contributed by atoms with van der Waals surface area (Å²) in [5, 5.41) is 3.23. The molecule has 3 heteroatoms. The topological polar surface area (TPSA) is 24.9 Å². The summed E-state index contributed by atoms with van der Waals surface area (Å²) in [7, 11) is 0. The third-order valence-electron chi connectivity index (χ3n) is 2.59. The van der Waals surface area contributed by atoms with Crippen molar-refractivity contribution < 1.29 is 4.39 Å². The van der Waals surface area contributed by atoms with Crippen LogP contribution < -0.4 is 5.32 Å². The molecule has 0 aliphatic heterocycles. The second-order valence-corrected chi connectivity index (χ2v) is 3.92. The van der Waals surface area contributed by atoms with E-state index >= 15 is 0 Å². The van der Waals surface area contributed by atoms with Gasteiger partial charge in [-0.15, -0.1) is 0 Å². The Morgan fingerprint density at radius 2 is 2.06 bits per heavy atom. The van der Waals surface area contributed by atoms with Crippen LogP contribution in [0.3, 0.4) is 0 Å². The Hall–Kier alpha value is -1.90. The number of benzene rings is 1. The number of hydrogen-bond acceptors (Lipinski definition) is 2. The third kappa shape index (κ3) is 2.61. The lowest BCUT2D eigenvalue weighted by Crippen LogP contribution is -1.97. The van der Waals surface area contributed by atoms with Gasteiger partial charge in [0.1, 0.15) is 5.82 Å². The molecule has 2 rings (SSSR count). The zero-order chi connectivity index (χ0) is 12.3. The predicted octanol–water partition coefficient (Wildman–Crippen LogP) is 3.63. The molecular weight excluding hydrogens is 215 g/mol. The van der Waals surface area contributed by atoms with Crippen molar-refractivity contribution in [1.29, 1.82) is 0 Å². The van der Waals surface area contributed by atoms with Crippen LogP contribution in [-0.4, -0.2) is 11.5 Å². The molecule has 0 unspecified atom stereocenters. The number of nitrogens with one attached hydrogen (secondary N) is 1. The molecule has 0 fully saturated rings. The van der Waals surface area contributed by atoms with E-state index in [0.717, 1.165) is 23.5 Å². The normalized spacial score (nSPS) is 10.3. The first-order valence-electron chi connectivity index (χ1n) is 5.67. The molecule has 0 saturated carbocycles. The zero-order valence-electron chi connectivity index (χ0n) is 10.00. The van der Waals surface area contributed by atoms with Gasteiger partial charge in [-0.25, -0.2) is 4.39 Å². The van der Waals surface area contributed by atoms with Crippen LogP contribution in [0.25, 0.3) is 11.3 Å². The van der Waals surface area contributed by atoms with Crippen LogP contribution in [-0.2, 0) is 0 Å². The molecule has 0 saturated heterocycles. The largest absolute Gasteiger partial charge is 0.385 e. The first-order chi connectivity index (χ1) is 8.20. The molecule has 0 bridgehead atoms. The molecule has 1 aromatic heterocycles. The third-order valence-corrected chi connectivity index (χ3v) is 2.59. The Kier molecular flexibility index (Phi) is 3.38. The van der Waals surface area contributed by atoms with E-state index in [9.17, 15) is 4.39 Å². The number of hydrogen-bond donors (Lipinski definition) is 1. The van der Waals surface area contributed by atoms with E-state index in [-0.39, 0.29) is 5.82 Å². The maximum Gasteiger partial charge on any atom is 0.126 e. The van der Waals surface area contributed by atoms with Crippen molar-refractivity contribution in [2.24, 2.45) is 0 Å². The summed E-state index contributed by atoms with van der Waals surface area (Å²) in [5.74, 6) is -0.184. The summed E-state index contributed by atoms with van der Waals surface area (Å²) in [5.41, 5.74) is 3.45. The fourth-order valence-electron chi connectivity index (χ4n) is 1.71. The number of rotatable bonds is 3. The van der Waals surface area contributed by atoms with Gasteiger partial charge >= 0.3 is 0 Å². The lowest BCUT2D eigenvalue weighted by molar-refractivity contribution is 0.619. The van der Waals surface area contributed by atoms with Crippen LogP contribution >= 0.6 is 0 Å². The van der Waals surface area contributed by atoms with E-state index in [4.69, 9.17) is 0 Å². The molecular formula is C14H15FN2. The Balaban J connectivity index is 2.38. The Morgan fingerprint density at radius 1 is 1.24 bits per heavy atom. The summed E-state index contributed by atoms with van der Waals surface area (Å²) in [6, 6.07) is 8.93. The minimum Gasteiger partial charge on any atom is -0.385 e. The van der Waals surface area contributed by atoms with Crippen molar-refractivity contribution in [1.82, 2.24) is 4.98 Å². The van der Waals surface area contributed by atoms with Gasteiger partial charge in [-0.2, -0.15) is 0 Å². The second-order valence-electron chi connectivity index (χ2n) is 3.92. The highest BCUT2D eigenvalue weighted by atomic mass is 19.1. The van der Waals surface area contributed by atoms with Gasteiger partial charge in [0, 0.05) is 24.0 Å². The molecule has 88 valence electrons. The van der Waals surface area contributed by atoms with Crippen LogP contribution in [0.1, 0.15) is 12.5 Å². The fourth-order valence-corrected chi connectivity index (χ4v) is 1.71. The van der Waals surface area contributed by atoms with Crippen molar-refractivity contribution in [2.75, 3.05) is 11.9 Å². The molecule has 2 aromatic rings. The lowest BCUT2D eigenvalue weighted by Gasteiger charge is -2.06. The van der Waals surface area contributed by atoms with Gasteiger partial charge in [0.2, 0.25) is 0 Å². The molecule has 0 amide bonds. The standard InChI is InChI=1S/C14H15FN2/c1-3-16-12-6-7-17-14(9-12)11-4-5-13(15)10(2)8-11/h4-9H,3H2,1-2H3,(H,16,17). The molecule has 0 spiro atoms. The van der Waals surface area contributed by atoms with Gasteiger partial charge in [0.15, 0.2) is 0 Å². The Labute approximate surface area is 101 Å². The van der Waals surface area contributed by atoms with Crippen LogP contribution in [0.5, 0.6) is 0 Å². The fraction of sp³-hybridized carbons (Fsp3) is 0.214. The first kappa shape index (κ1) is 11.6. The number of halogens is 1. The smallest absolute Gasteiger partial charge is 0.126 e. The monoisotopic (exact) mass is 230 g/mol. The molecule has 0 radical (unpaired) electrons. The minimum atomic E-state index is -0.184. The van der Waals surface area contributed by atoms with Gasteiger partial charge < -0.3 is 5.32 Å². The summed E-state index contributed by atoms with van der Waals surface area (Å²) >= 11 is 0. The summed E-state index contributed by atoms with van der Waals surface area (Å²) in [4.78, 5) is 4.30. The average Bonchev–Trinajstić information content (AvgIpc) is 2.33. The van der Waals surface area contributed by atoms with Crippen LogP contribution in [0, 0.1) is 12.7 Å². The minimum absolute atomic E-state index is 0.184. The number of pyridine rings is 1. The molecule has 1 N–H and O–H groups in total. The highest BCUT2D eigenvalue weighted by molar-refractivity contribution is 5.64. The number of aromatic nitrogens is 1. The van der Waals surface area contributed by atoms with Gasteiger partial charge in [-0.1, -0.05) is 0 Å². The molecule has 1 aromatic carbocycles. The second kappa shape index (κ2) is 4.95. The Morgan fingerprint density at radius 3 is 2.76 bits per heavy atom. The van der Waals surface area contributed by atoms with Crippen LogP contribution in [0.2, 0.25) is 0 Å². The maximum absolute atomic E-state index is 13.2. The van der Waals surface area contributed by atoms with E-state index in [0.29, 0.717) is 5.56 Å². The Bertz CT molecular complexity index is 523. The van der Waals surface area contributed by atoms with Crippen molar-refractivity contribution in [2.45, 2.75) is 13.8 Å². The van der Waals surface area contributed by atoms with Crippen molar-refractivity contribution in [3.05, 3.63) is 47.9 Å². The van der Waals surface area contributed by atoms with E-state index in [1.807, 2.05) is 25.1 Å². The summed E-state index contributed by atoms with van der Waals surface area (Å²) in [6.45, 7) is 4.67. The maximum atomic E-state index is 13.2. The van der Waals surface area contributed by atoms with Gasteiger partial charge in [0.25, 0.3) is 0 Å². The number of nitrogens with zero attached hydrogens (tertiary/aromatic N) is 1. The van der Waals surface area contributed by atoms with Crippen molar-refractivity contribution in [3.8, 4) is 11.3 Å². The molecule has 0 aliphatic carbocycles. The average molecular weight is 230 g/mol. The van der Waals surface area contributed by atoms with Gasteiger partial charge in [0.05, 0.1) is 5.69 Å². The summed E-state index contributed by atoms with van der Waals surface area (Å²) in [6.07, 6.45) is 1.76. The number of anilines is 1.